The average Bonchev–Trinajstić information content (AvgIpc) is 3.15. The van der Waals surface area contributed by atoms with Crippen molar-refractivity contribution >= 4 is 22.5 Å². The lowest BCUT2D eigenvalue weighted by atomic mass is 9.74. The molecular formula is C21H23ClFN3O. The molecule has 0 spiro atoms. The summed E-state index contributed by atoms with van der Waals surface area (Å²) in [5, 5.41) is 12.2. The average molecular weight is 388 g/mol. The SMILES string of the molecule is CC(OCC1(c2ccc(F)cc2)CCNCC1)c1cc(Cl)cc2cn[nH]c12. The summed E-state index contributed by atoms with van der Waals surface area (Å²) in [5.74, 6) is -0.210. The second-order valence-corrected chi connectivity index (χ2v) is 7.76. The molecule has 0 aliphatic carbocycles. The van der Waals surface area contributed by atoms with E-state index in [1.54, 1.807) is 6.20 Å². The Morgan fingerprint density at radius 3 is 2.70 bits per heavy atom. The van der Waals surface area contributed by atoms with Crippen molar-refractivity contribution < 1.29 is 9.13 Å². The van der Waals surface area contributed by atoms with Crippen LogP contribution in [0.4, 0.5) is 4.39 Å². The third-order valence-electron chi connectivity index (χ3n) is 5.61. The van der Waals surface area contributed by atoms with Gasteiger partial charge in [-0.25, -0.2) is 4.39 Å². The van der Waals surface area contributed by atoms with Gasteiger partial charge in [0.05, 0.1) is 24.4 Å². The van der Waals surface area contributed by atoms with E-state index in [0.29, 0.717) is 11.6 Å². The van der Waals surface area contributed by atoms with Gasteiger partial charge in [0, 0.05) is 21.4 Å². The van der Waals surface area contributed by atoms with Gasteiger partial charge in [-0.15, -0.1) is 0 Å². The molecule has 1 saturated heterocycles. The fraction of sp³-hybridized carbons (Fsp3) is 0.381. The summed E-state index contributed by atoms with van der Waals surface area (Å²) in [7, 11) is 0. The summed E-state index contributed by atoms with van der Waals surface area (Å²) in [5.41, 5.74) is 2.97. The maximum atomic E-state index is 13.4. The zero-order valence-electron chi connectivity index (χ0n) is 15.3. The van der Waals surface area contributed by atoms with Gasteiger partial charge < -0.3 is 10.1 Å². The Hall–Kier alpha value is -1.95. The minimum atomic E-state index is -0.210. The second kappa shape index (κ2) is 7.58. The molecule has 142 valence electrons. The summed E-state index contributed by atoms with van der Waals surface area (Å²) in [6.45, 7) is 4.46. The second-order valence-electron chi connectivity index (χ2n) is 7.32. The molecule has 1 fully saturated rings. The van der Waals surface area contributed by atoms with Crippen molar-refractivity contribution in [2.24, 2.45) is 0 Å². The molecule has 4 rings (SSSR count). The zero-order chi connectivity index (χ0) is 18.9. The maximum absolute atomic E-state index is 13.4. The third kappa shape index (κ3) is 3.72. The molecule has 0 bridgehead atoms. The highest BCUT2D eigenvalue weighted by atomic mass is 35.5. The summed E-state index contributed by atoms with van der Waals surface area (Å²) in [4.78, 5) is 0. The highest BCUT2D eigenvalue weighted by Crippen LogP contribution is 2.36. The Balaban J connectivity index is 1.58. The Morgan fingerprint density at radius 2 is 1.96 bits per heavy atom. The molecule has 0 radical (unpaired) electrons. The van der Waals surface area contributed by atoms with Crippen LogP contribution in [0.2, 0.25) is 5.02 Å². The molecule has 0 amide bonds. The highest BCUT2D eigenvalue weighted by molar-refractivity contribution is 6.31. The van der Waals surface area contributed by atoms with Crippen LogP contribution in [0, 0.1) is 5.82 Å². The number of nitrogens with one attached hydrogen (secondary N) is 2. The van der Waals surface area contributed by atoms with Crippen LogP contribution in [0.3, 0.4) is 0 Å². The number of benzene rings is 2. The number of H-pyrrole nitrogens is 1. The molecule has 1 unspecified atom stereocenters. The lowest BCUT2D eigenvalue weighted by molar-refractivity contribution is 0.0172. The summed E-state index contributed by atoms with van der Waals surface area (Å²) in [6, 6.07) is 10.7. The monoisotopic (exact) mass is 387 g/mol. The number of hydrogen-bond donors (Lipinski definition) is 2. The van der Waals surface area contributed by atoms with Crippen LogP contribution in [0.1, 0.15) is 37.0 Å². The highest BCUT2D eigenvalue weighted by Gasteiger charge is 2.35. The van der Waals surface area contributed by atoms with Gasteiger partial charge >= 0.3 is 0 Å². The van der Waals surface area contributed by atoms with Gasteiger partial charge in [0.15, 0.2) is 0 Å². The first-order chi connectivity index (χ1) is 13.1. The van der Waals surface area contributed by atoms with E-state index in [2.05, 4.69) is 15.5 Å². The van der Waals surface area contributed by atoms with Crippen molar-refractivity contribution in [2.75, 3.05) is 19.7 Å². The smallest absolute Gasteiger partial charge is 0.123 e. The fourth-order valence-electron chi connectivity index (χ4n) is 3.97. The van der Waals surface area contributed by atoms with E-state index >= 15 is 0 Å². The first-order valence-corrected chi connectivity index (χ1v) is 9.66. The van der Waals surface area contributed by atoms with Gasteiger partial charge in [0.1, 0.15) is 5.82 Å². The normalized spacial score (nSPS) is 17.9. The van der Waals surface area contributed by atoms with Crippen LogP contribution in [-0.2, 0) is 10.2 Å². The van der Waals surface area contributed by atoms with Crippen LogP contribution < -0.4 is 5.32 Å². The molecule has 2 heterocycles. The van der Waals surface area contributed by atoms with E-state index < -0.39 is 0 Å². The Morgan fingerprint density at radius 1 is 1.22 bits per heavy atom. The molecule has 4 nitrogen and oxygen atoms in total. The molecular weight excluding hydrogens is 365 g/mol. The molecule has 3 aromatic rings. The van der Waals surface area contributed by atoms with E-state index in [1.807, 2.05) is 31.2 Å². The van der Waals surface area contributed by atoms with Gasteiger partial charge in [-0.05, 0) is 62.7 Å². The van der Waals surface area contributed by atoms with Crippen LogP contribution in [-0.4, -0.2) is 29.9 Å². The molecule has 2 aromatic carbocycles. The van der Waals surface area contributed by atoms with Gasteiger partial charge in [0.2, 0.25) is 0 Å². The minimum absolute atomic E-state index is 0.112. The Bertz CT molecular complexity index is 919. The Kier molecular flexibility index (Phi) is 5.17. The summed E-state index contributed by atoms with van der Waals surface area (Å²) in [6.07, 6.45) is 3.55. The van der Waals surface area contributed by atoms with Crippen LogP contribution in [0.15, 0.2) is 42.6 Å². The zero-order valence-corrected chi connectivity index (χ0v) is 16.0. The van der Waals surface area contributed by atoms with Crippen molar-refractivity contribution in [3.63, 3.8) is 0 Å². The molecule has 1 aliphatic rings. The molecule has 6 heteroatoms. The molecule has 2 N–H and O–H groups in total. The minimum Gasteiger partial charge on any atom is -0.373 e. The topological polar surface area (TPSA) is 49.9 Å². The number of hydrogen-bond acceptors (Lipinski definition) is 3. The third-order valence-corrected chi connectivity index (χ3v) is 5.83. The maximum Gasteiger partial charge on any atom is 0.123 e. The number of nitrogens with zero attached hydrogens (tertiary/aromatic N) is 1. The fourth-order valence-corrected chi connectivity index (χ4v) is 4.20. The lowest BCUT2D eigenvalue weighted by Gasteiger charge is -2.38. The van der Waals surface area contributed by atoms with Crippen molar-refractivity contribution in [1.82, 2.24) is 15.5 Å². The number of rotatable bonds is 5. The van der Waals surface area contributed by atoms with Crippen molar-refractivity contribution in [3.8, 4) is 0 Å². The number of ether oxygens (including phenoxy) is 1. The van der Waals surface area contributed by atoms with Gasteiger partial charge in [-0.3, -0.25) is 5.10 Å². The number of halogens is 2. The standard InChI is InChI=1S/C21H23ClFN3O/c1-14(19-11-17(22)10-15-12-25-26-20(15)19)27-13-21(6-8-24-9-7-21)16-2-4-18(23)5-3-16/h2-5,10-12,14,24H,6-9,13H2,1H3,(H,25,26). The number of fused-ring (bicyclic) bond motifs is 1. The first kappa shape index (κ1) is 18.4. The molecule has 1 aliphatic heterocycles. The molecule has 27 heavy (non-hydrogen) atoms. The predicted octanol–water partition coefficient (Wildman–Crippen LogP) is 4.75. The van der Waals surface area contributed by atoms with E-state index in [4.69, 9.17) is 16.3 Å². The lowest BCUT2D eigenvalue weighted by Crippen LogP contribution is -2.43. The number of aromatic nitrogens is 2. The predicted molar refractivity (Wildman–Crippen MR) is 106 cm³/mol. The van der Waals surface area contributed by atoms with Crippen LogP contribution in [0.25, 0.3) is 10.9 Å². The molecule has 1 aromatic heterocycles. The van der Waals surface area contributed by atoms with E-state index in [-0.39, 0.29) is 17.3 Å². The van der Waals surface area contributed by atoms with E-state index in [9.17, 15) is 4.39 Å². The number of aromatic amines is 1. The van der Waals surface area contributed by atoms with Crippen molar-refractivity contribution in [2.45, 2.75) is 31.3 Å². The van der Waals surface area contributed by atoms with Crippen molar-refractivity contribution in [3.05, 3.63) is 64.6 Å². The first-order valence-electron chi connectivity index (χ1n) is 9.28. The quantitative estimate of drug-likeness (QED) is 0.664. The largest absolute Gasteiger partial charge is 0.373 e. The van der Waals surface area contributed by atoms with E-state index in [1.165, 1.54) is 12.1 Å². The molecule has 0 saturated carbocycles. The van der Waals surface area contributed by atoms with Crippen LogP contribution >= 0.6 is 11.6 Å². The van der Waals surface area contributed by atoms with Gasteiger partial charge in [-0.1, -0.05) is 23.7 Å². The summed E-state index contributed by atoms with van der Waals surface area (Å²) < 4.78 is 19.8. The van der Waals surface area contributed by atoms with Gasteiger partial charge in [0.25, 0.3) is 0 Å². The van der Waals surface area contributed by atoms with Crippen LogP contribution in [0.5, 0.6) is 0 Å². The van der Waals surface area contributed by atoms with E-state index in [0.717, 1.165) is 48.0 Å². The van der Waals surface area contributed by atoms with Gasteiger partial charge in [-0.2, -0.15) is 5.10 Å². The Labute approximate surface area is 163 Å². The van der Waals surface area contributed by atoms with Crippen molar-refractivity contribution in [1.29, 1.82) is 0 Å². The number of piperidine rings is 1. The summed E-state index contributed by atoms with van der Waals surface area (Å²) >= 11 is 6.27. The molecule has 1 atom stereocenters.